The molecule has 4 heteroatoms. The fourth-order valence-electron chi connectivity index (χ4n) is 3.09. The number of phenols is 1. The SMILES string of the molecule is Cc1c2cnccc2c(C=O)c2[nH]c3ccc(O)cc3c12. The van der Waals surface area contributed by atoms with E-state index in [1.165, 1.54) is 0 Å². The Hall–Kier alpha value is -2.88. The second-order valence-electron chi connectivity index (χ2n) is 5.18. The number of nitrogens with one attached hydrogen (secondary N) is 1. The lowest BCUT2D eigenvalue weighted by molar-refractivity contribution is 0.112. The molecule has 2 N–H and O–H groups in total. The van der Waals surface area contributed by atoms with Crippen molar-refractivity contribution in [2.45, 2.75) is 6.92 Å². The van der Waals surface area contributed by atoms with Crippen LogP contribution in [0.25, 0.3) is 32.6 Å². The molecule has 4 nitrogen and oxygen atoms in total. The van der Waals surface area contributed by atoms with Crippen molar-refractivity contribution in [3.05, 3.63) is 47.8 Å². The maximum Gasteiger partial charge on any atom is 0.152 e. The molecule has 0 fully saturated rings. The zero-order valence-corrected chi connectivity index (χ0v) is 11.3. The summed E-state index contributed by atoms with van der Waals surface area (Å²) < 4.78 is 0. The van der Waals surface area contributed by atoms with Crippen LogP contribution in [0.4, 0.5) is 0 Å². The van der Waals surface area contributed by atoms with Crippen LogP contribution in [0.3, 0.4) is 0 Å². The number of pyridine rings is 1. The van der Waals surface area contributed by atoms with Crippen molar-refractivity contribution in [1.29, 1.82) is 0 Å². The summed E-state index contributed by atoms with van der Waals surface area (Å²) in [6.07, 6.45) is 4.34. The van der Waals surface area contributed by atoms with Gasteiger partial charge in [0.05, 0.1) is 5.52 Å². The summed E-state index contributed by atoms with van der Waals surface area (Å²) in [6, 6.07) is 7.03. The Bertz CT molecular complexity index is 1030. The molecule has 2 aromatic heterocycles. The number of aldehydes is 1. The van der Waals surface area contributed by atoms with Crippen molar-refractivity contribution in [3.8, 4) is 5.75 Å². The highest BCUT2D eigenvalue weighted by Gasteiger charge is 2.15. The van der Waals surface area contributed by atoms with Crippen molar-refractivity contribution in [2.24, 2.45) is 0 Å². The third-order valence-electron chi connectivity index (χ3n) is 4.06. The molecule has 0 amide bonds. The number of rotatable bonds is 1. The Morgan fingerprint density at radius 2 is 2.05 bits per heavy atom. The number of aromatic hydroxyl groups is 1. The lowest BCUT2D eigenvalue weighted by Crippen LogP contribution is -1.90. The number of hydrogen-bond acceptors (Lipinski definition) is 3. The molecule has 0 atom stereocenters. The fourth-order valence-corrected chi connectivity index (χ4v) is 3.09. The van der Waals surface area contributed by atoms with E-state index in [2.05, 4.69) is 9.97 Å². The number of phenolic OH excluding ortho intramolecular Hbond substituents is 1. The lowest BCUT2D eigenvalue weighted by atomic mass is 9.97. The molecule has 102 valence electrons. The van der Waals surface area contributed by atoms with E-state index < -0.39 is 0 Å². The molecule has 2 heterocycles. The van der Waals surface area contributed by atoms with Crippen LogP contribution in [0.5, 0.6) is 5.75 Å². The summed E-state index contributed by atoms with van der Waals surface area (Å²) >= 11 is 0. The predicted octanol–water partition coefficient (Wildman–Crippen LogP) is 3.70. The van der Waals surface area contributed by atoms with Gasteiger partial charge >= 0.3 is 0 Å². The smallest absolute Gasteiger partial charge is 0.152 e. The van der Waals surface area contributed by atoms with Gasteiger partial charge in [0, 0.05) is 39.6 Å². The summed E-state index contributed by atoms with van der Waals surface area (Å²) in [7, 11) is 0. The molecule has 0 aliphatic rings. The fraction of sp³-hybridized carbons (Fsp3) is 0.0588. The Balaban J connectivity index is 2.38. The van der Waals surface area contributed by atoms with E-state index in [0.29, 0.717) is 5.56 Å². The molecule has 0 spiro atoms. The number of nitrogens with zero attached hydrogens (tertiary/aromatic N) is 1. The van der Waals surface area contributed by atoms with Crippen molar-refractivity contribution >= 4 is 38.9 Å². The van der Waals surface area contributed by atoms with Crippen LogP contribution in [0.1, 0.15) is 15.9 Å². The average molecular weight is 276 g/mol. The maximum absolute atomic E-state index is 11.6. The molecular weight excluding hydrogens is 264 g/mol. The molecular formula is C17H12N2O2. The number of hydrogen-bond donors (Lipinski definition) is 2. The number of aryl methyl sites for hydroxylation is 1. The van der Waals surface area contributed by atoms with Crippen LogP contribution in [0.15, 0.2) is 36.7 Å². The van der Waals surface area contributed by atoms with Gasteiger partial charge in [-0.2, -0.15) is 0 Å². The van der Waals surface area contributed by atoms with Crippen molar-refractivity contribution in [1.82, 2.24) is 9.97 Å². The predicted molar refractivity (Wildman–Crippen MR) is 82.9 cm³/mol. The lowest BCUT2D eigenvalue weighted by Gasteiger charge is -2.07. The average Bonchev–Trinajstić information content (AvgIpc) is 2.86. The third kappa shape index (κ3) is 1.50. The van der Waals surface area contributed by atoms with Gasteiger partial charge in [-0.3, -0.25) is 9.78 Å². The Morgan fingerprint density at radius 3 is 2.86 bits per heavy atom. The Kier molecular flexibility index (Phi) is 2.30. The van der Waals surface area contributed by atoms with Crippen LogP contribution in [-0.2, 0) is 0 Å². The molecule has 4 aromatic rings. The summed E-state index contributed by atoms with van der Waals surface area (Å²) in [5.41, 5.74) is 3.39. The number of fused-ring (bicyclic) bond motifs is 4. The molecule has 0 unspecified atom stereocenters. The molecule has 0 aliphatic carbocycles. The largest absolute Gasteiger partial charge is 0.508 e. The Labute approximate surface area is 120 Å². The molecule has 0 saturated heterocycles. The topological polar surface area (TPSA) is 66.0 Å². The molecule has 0 radical (unpaired) electrons. The summed E-state index contributed by atoms with van der Waals surface area (Å²) in [6.45, 7) is 2.01. The van der Waals surface area contributed by atoms with E-state index in [-0.39, 0.29) is 5.75 Å². The minimum Gasteiger partial charge on any atom is -0.508 e. The minimum absolute atomic E-state index is 0.210. The van der Waals surface area contributed by atoms with Crippen LogP contribution in [-0.4, -0.2) is 21.4 Å². The molecule has 2 aromatic carbocycles. The van der Waals surface area contributed by atoms with Crippen LogP contribution in [0.2, 0.25) is 0 Å². The van der Waals surface area contributed by atoms with Gasteiger partial charge in [-0.1, -0.05) is 0 Å². The summed E-state index contributed by atoms with van der Waals surface area (Å²) in [5, 5.41) is 13.5. The first kappa shape index (κ1) is 11.9. The number of carbonyl (C=O) groups is 1. The Morgan fingerprint density at radius 1 is 1.19 bits per heavy atom. The highest BCUT2D eigenvalue weighted by molar-refractivity contribution is 6.21. The quantitative estimate of drug-likeness (QED) is 0.521. The van der Waals surface area contributed by atoms with E-state index >= 15 is 0 Å². The zero-order chi connectivity index (χ0) is 14.6. The number of aromatic nitrogens is 2. The van der Waals surface area contributed by atoms with E-state index in [1.807, 2.05) is 19.1 Å². The third-order valence-corrected chi connectivity index (χ3v) is 4.06. The van der Waals surface area contributed by atoms with Gasteiger partial charge in [-0.05, 0) is 42.1 Å². The highest BCUT2D eigenvalue weighted by atomic mass is 16.3. The first-order valence-corrected chi connectivity index (χ1v) is 6.66. The van der Waals surface area contributed by atoms with Crippen LogP contribution < -0.4 is 0 Å². The second kappa shape index (κ2) is 4.06. The van der Waals surface area contributed by atoms with E-state index in [1.54, 1.807) is 24.5 Å². The van der Waals surface area contributed by atoms with Crippen LogP contribution >= 0.6 is 0 Å². The van der Waals surface area contributed by atoms with Gasteiger partial charge in [-0.15, -0.1) is 0 Å². The summed E-state index contributed by atoms with van der Waals surface area (Å²) in [4.78, 5) is 19.1. The van der Waals surface area contributed by atoms with Gasteiger partial charge < -0.3 is 10.1 Å². The highest BCUT2D eigenvalue weighted by Crippen LogP contribution is 2.36. The van der Waals surface area contributed by atoms with E-state index in [0.717, 1.165) is 44.4 Å². The monoisotopic (exact) mass is 276 g/mol. The number of carbonyl (C=O) groups excluding carboxylic acids is 1. The van der Waals surface area contributed by atoms with Gasteiger partial charge in [0.25, 0.3) is 0 Å². The molecule has 0 bridgehead atoms. The van der Waals surface area contributed by atoms with Crippen molar-refractivity contribution in [3.63, 3.8) is 0 Å². The van der Waals surface area contributed by atoms with Gasteiger partial charge in [-0.25, -0.2) is 0 Å². The zero-order valence-electron chi connectivity index (χ0n) is 11.3. The van der Waals surface area contributed by atoms with E-state index in [9.17, 15) is 9.90 Å². The number of aromatic amines is 1. The number of H-pyrrole nitrogens is 1. The normalized spacial score (nSPS) is 11.5. The van der Waals surface area contributed by atoms with Gasteiger partial charge in [0.15, 0.2) is 6.29 Å². The van der Waals surface area contributed by atoms with Gasteiger partial charge in [0.2, 0.25) is 0 Å². The molecule has 0 aliphatic heterocycles. The first-order valence-electron chi connectivity index (χ1n) is 6.66. The minimum atomic E-state index is 0.210. The van der Waals surface area contributed by atoms with Crippen molar-refractivity contribution < 1.29 is 9.90 Å². The van der Waals surface area contributed by atoms with E-state index in [4.69, 9.17) is 0 Å². The second-order valence-corrected chi connectivity index (χ2v) is 5.18. The molecule has 0 saturated carbocycles. The summed E-state index contributed by atoms with van der Waals surface area (Å²) in [5.74, 6) is 0.210. The molecule has 4 rings (SSSR count). The molecule has 21 heavy (non-hydrogen) atoms. The van der Waals surface area contributed by atoms with Crippen LogP contribution in [0, 0.1) is 6.92 Å². The number of benzene rings is 2. The van der Waals surface area contributed by atoms with Crippen molar-refractivity contribution in [2.75, 3.05) is 0 Å². The standard InChI is InChI=1S/C17H12N2O2/c1-9-13-7-18-5-4-11(13)14(8-20)17-16(9)12-6-10(21)2-3-15(12)19-17/h2-8,19,21H,1H3. The van der Waals surface area contributed by atoms with Gasteiger partial charge in [0.1, 0.15) is 5.75 Å². The maximum atomic E-state index is 11.6. The first-order chi connectivity index (χ1) is 10.2.